The number of benzene rings is 1. The van der Waals surface area contributed by atoms with Crippen LogP contribution < -0.4 is 14.8 Å². The predicted molar refractivity (Wildman–Crippen MR) is 101 cm³/mol. The fourth-order valence-electron chi connectivity index (χ4n) is 3.28. The second kappa shape index (κ2) is 8.95. The molecule has 1 heterocycles. The quantitative estimate of drug-likeness (QED) is 0.700. The zero-order valence-electron chi connectivity index (χ0n) is 16.0. The number of nitrogens with one attached hydrogen (secondary N) is 1. The average Bonchev–Trinajstić information content (AvgIpc) is 3.52. The molecule has 3 rings (SSSR count). The number of piperidine rings is 1. The zero-order valence-corrected chi connectivity index (χ0v) is 16.0. The Labute approximate surface area is 163 Å². The number of nitrogens with zero attached hydrogens (tertiary/aromatic N) is 1. The second-order valence-electron chi connectivity index (χ2n) is 7.12. The SMILES string of the molecule is CCOc1cc(C(=O)NC2CCN(C(=O)C3CC3)CC2)ccc1OCC(=O)O. The van der Waals surface area contributed by atoms with E-state index >= 15 is 0 Å². The number of carbonyl (C=O) groups is 3. The van der Waals surface area contributed by atoms with Crippen LogP contribution >= 0.6 is 0 Å². The van der Waals surface area contributed by atoms with Gasteiger partial charge in [-0.3, -0.25) is 9.59 Å². The van der Waals surface area contributed by atoms with Crippen LogP contribution in [0.2, 0.25) is 0 Å². The zero-order chi connectivity index (χ0) is 20.1. The van der Waals surface area contributed by atoms with E-state index in [-0.39, 0.29) is 29.5 Å². The summed E-state index contributed by atoms with van der Waals surface area (Å²) in [6, 6.07) is 4.71. The number of hydrogen-bond acceptors (Lipinski definition) is 5. The number of ether oxygens (including phenoxy) is 2. The molecule has 2 fully saturated rings. The smallest absolute Gasteiger partial charge is 0.341 e. The van der Waals surface area contributed by atoms with Gasteiger partial charge in [0.05, 0.1) is 6.61 Å². The Morgan fingerprint density at radius 1 is 1.11 bits per heavy atom. The highest BCUT2D eigenvalue weighted by molar-refractivity contribution is 5.95. The molecule has 0 atom stereocenters. The molecule has 0 radical (unpaired) electrons. The molecule has 1 saturated carbocycles. The summed E-state index contributed by atoms with van der Waals surface area (Å²) in [5, 5.41) is 11.8. The van der Waals surface area contributed by atoms with Crippen molar-refractivity contribution in [3.8, 4) is 11.5 Å². The van der Waals surface area contributed by atoms with Crippen molar-refractivity contribution in [1.29, 1.82) is 0 Å². The van der Waals surface area contributed by atoms with Crippen LogP contribution in [-0.4, -0.2) is 60.1 Å². The third kappa shape index (κ3) is 5.15. The van der Waals surface area contributed by atoms with Crippen molar-refractivity contribution >= 4 is 17.8 Å². The molecule has 152 valence electrons. The molecule has 1 aliphatic carbocycles. The van der Waals surface area contributed by atoms with Gasteiger partial charge in [0.1, 0.15) is 0 Å². The van der Waals surface area contributed by atoms with Gasteiger partial charge in [-0.25, -0.2) is 4.79 Å². The fourth-order valence-corrected chi connectivity index (χ4v) is 3.28. The number of carbonyl (C=O) groups excluding carboxylic acids is 2. The van der Waals surface area contributed by atoms with Crippen molar-refractivity contribution < 1.29 is 29.0 Å². The Hall–Kier alpha value is -2.77. The number of rotatable bonds is 8. The molecule has 8 heteroatoms. The molecule has 8 nitrogen and oxygen atoms in total. The summed E-state index contributed by atoms with van der Waals surface area (Å²) in [5.74, 6) is -0.212. The highest BCUT2D eigenvalue weighted by Crippen LogP contribution is 2.32. The lowest BCUT2D eigenvalue weighted by Crippen LogP contribution is -2.47. The van der Waals surface area contributed by atoms with Crippen molar-refractivity contribution in [3.63, 3.8) is 0 Å². The summed E-state index contributed by atoms with van der Waals surface area (Å²) in [6.45, 7) is 3.02. The largest absolute Gasteiger partial charge is 0.490 e. The molecule has 0 spiro atoms. The van der Waals surface area contributed by atoms with Crippen LogP contribution in [-0.2, 0) is 9.59 Å². The lowest BCUT2D eigenvalue weighted by Gasteiger charge is -2.32. The maximum absolute atomic E-state index is 12.6. The van der Waals surface area contributed by atoms with Crippen LogP contribution in [0.4, 0.5) is 0 Å². The Bertz CT molecular complexity index is 738. The van der Waals surface area contributed by atoms with E-state index in [9.17, 15) is 14.4 Å². The number of amides is 2. The minimum atomic E-state index is -1.09. The molecule has 0 unspecified atom stereocenters. The molecule has 2 N–H and O–H groups in total. The first kappa shape index (κ1) is 20.0. The minimum absolute atomic E-state index is 0.0224. The molecule has 1 aromatic carbocycles. The molecule has 2 aliphatic rings. The maximum Gasteiger partial charge on any atom is 0.341 e. The van der Waals surface area contributed by atoms with Crippen LogP contribution in [0.15, 0.2) is 18.2 Å². The van der Waals surface area contributed by atoms with Crippen molar-refractivity contribution in [2.75, 3.05) is 26.3 Å². The first-order valence-electron chi connectivity index (χ1n) is 9.69. The van der Waals surface area contributed by atoms with E-state index in [2.05, 4.69) is 5.32 Å². The molecule has 1 aromatic rings. The molecule has 1 saturated heterocycles. The molecule has 0 bridgehead atoms. The van der Waals surface area contributed by atoms with Crippen LogP contribution in [0.25, 0.3) is 0 Å². The number of aliphatic carboxylic acids is 1. The van der Waals surface area contributed by atoms with Gasteiger partial charge in [-0.1, -0.05) is 0 Å². The normalized spacial score (nSPS) is 17.1. The van der Waals surface area contributed by atoms with Gasteiger partial charge in [-0.15, -0.1) is 0 Å². The summed E-state index contributed by atoms with van der Waals surface area (Å²) in [7, 11) is 0. The minimum Gasteiger partial charge on any atom is -0.490 e. The standard InChI is InChI=1S/C20H26N2O6/c1-2-27-17-11-14(5-6-16(17)28-12-18(23)24)19(25)21-15-7-9-22(10-8-15)20(26)13-3-4-13/h5-6,11,13,15H,2-4,7-10,12H2,1H3,(H,21,25)(H,23,24). The molecule has 0 aromatic heterocycles. The topological polar surface area (TPSA) is 105 Å². The van der Waals surface area contributed by atoms with Crippen molar-refractivity contribution in [1.82, 2.24) is 10.2 Å². The van der Waals surface area contributed by atoms with Gasteiger partial charge in [-0.05, 0) is 50.8 Å². The summed E-state index contributed by atoms with van der Waals surface area (Å²) in [6.07, 6.45) is 3.48. The average molecular weight is 390 g/mol. The van der Waals surface area contributed by atoms with Crippen molar-refractivity contribution in [3.05, 3.63) is 23.8 Å². The van der Waals surface area contributed by atoms with Gasteiger partial charge in [0.15, 0.2) is 18.1 Å². The fraction of sp³-hybridized carbons (Fsp3) is 0.550. The summed E-state index contributed by atoms with van der Waals surface area (Å²) in [4.78, 5) is 37.3. The highest BCUT2D eigenvalue weighted by atomic mass is 16.5. The van der Waals surface area contributed by atoms with Crippen molar-refractivity contribution in [2.24, 2.45) is 5.92 Å². The Morgan fingerprint density at radius 2 is 1.82 bits per heavy atom. The summed E-state index contributed by atoms with van der Waals surface area (Å²) < 4.78 is 10.7. The van der Waals surface area contributed by atoms with Gasteiger partial charge in [-0.2, -0.15) is 0 Å². The number of carboxylic acid groups (broad SMARTS) is 1. The van der Waals surface area contributed by atoms with E-state index in [1.54, 1.807) is 25.1 Å². The van der Waals surface area contributed by atoms with Gasteiger partial charge >= 0.3 is 5.97 Å². The lowest BCUT2D eigenvalue weighted by atomic mass is 10.0. The van der Waals surface area contributed by atoms with Crippen LogP contribution in [0.5, 0.6) is 11.5 Å². The van der Waals surface area contributed by atoms with Crippen LogP contribution in [0, 0.1) is 5.92 Å². The first-order chi connectivity index (χ1) is 13.5. The summed E-state index contributed by atoms with van der Waals surface area (Å²) in [5.41, 5.74) is 0.419. The Balaban J connectivity index is 1.56. The third-order valence-corrected chi connectivity index (χ3v) is 4.93. The second-order valence-corrected chi connectivity index (χ2v) is 7.12. The molecular weight excluding hydrogens is 364 g/mol. The summed E-state index contributed by atoms with van der Waals surface area (Å²) >= 11 is 0. The number of hydrogen-bond donors (Lipinski definition) is 2. The van der Waals surface area contributed by atoms with Crippen LogP contribution in [0.1, 0.15) is 43.0 Å². The molecule has 2 amide bonds. The molecule has 28 heavy (non-hydrogen) atoms. The Kier molecular flexibility index (Phi) is 6.38. The first-order valence-corrected chi connectivity index (χ1v) is 9.69. The van der Waals surface area contributed by atoms with Gasteiger partial charge in [0, 0.05) is 30.6 Å². The predicted octanol–water partition coefficient (Wildman–Crippen LogP) is 1.68. The van der Waals surface area contributed by atoms with E-state index in [0.29, 0.717) is 31.0 Å². The van der Waals surface area contributed by atoms with E-state index in [1.807, 2.05) is 4.90 Å². The number of likely N-dealkylation sites (tertiary alicyclic amines) is 1. The van der Waals surface area contributed by atoms with Crippen molar-refractivity contribution in [2.45, 2.75) is 38.6 Å². The maximum atomic E-state index is 12.6. The Morgan fingerprint density at radius 3 is 2.43 bits per heavy atom. The van der Waals surface area contributed by atoms with E-state index < -0.39 is 12.6 Å². The lowest BCUT2D eigenvalue weighted by molar-refractivity contribution is -0.139. The number of carboxylic acids is 1. The van der Waals surface area contributed by atoms with Crippen LogP contribution in [0.3, 0.4) is 0 Å². The van der Waals surface area contributed by atoms with E-state index in [1.165, 1.54) is 0 Å². The van der Waals surface area contributed by atoms with Gasteiger partial charge in [0.2, 0.25) is 5.91 Å². The van der Waals surface area contributed by atoms with Gasteiger partial charge < -0.3 is 24.8 Å². The third-order valence-electron chi connectivity index (χ3n) is 4.93. The highest BCUT2D eigenvalue weighted by Gasteiger charge is 2.35. The molecule has 1 aliphatic heterocycles. The van der Waals surface area contributed by atoms with E-state index in [4.69, 9.17) is 14.6 Å². The van der Waals surface area contributed by atoms with Gasteiger partial charge in [0.25, 0.3) is 5.91 Å². The molecular formula is C20H26N2O6. The monoisotopic (exact) mass is 390 g/mol. The van der Waals surface area contributed by atoms with E-state index in [0.717, 1.165) is 25.7 Å².